The average molecular weight is 436 g/mol. The molecular weight excluding hydrogens is 414 g/mol. The van der Waals surface area contributed by atoms with E-state index in [2.05, 4.69) is 20.8 Å². The van der Waals surface area contributed by atoms with Gasteiger partial charge in [-0.1, -0.05) is 29.0 Å². The highest BCUT2D eigenvalue weighted by Crippen LogP contribution is 2.34. The number of carbonyl (C=O) groups excluding carboxylic acids is 3. The van der Waals surface area contributed by atoms with Crippen molar-refractivity contribution >= 4 is 45.6 Å². The van der Waals surface area contributed by atoms with Gasteiger partial charge in [-0.05, 0) is 43.3 Å². The molecule has 3 aromatic rings. The normalized spacial score (nSPS) is 15.7. The number of carbonyl (C=O) groups is 3. The molecule has 1 atom stereocenters. The minimum absolute atomic E-state index is 0.0499. The second-order valence-corrected chi connectivity index (χ2v) is 8.41. The summed E-state index contributed by atoms with van der Waals surface area (Å²) in [5.41, 5.74) is 3.07. The van der Waals surface area contributed by atoms with E-state index in [1.54, 1.807) is 29.2 Å². The molecule has 0 saturated carbocycles. The fourth-order valence-corrected chi connectivity index (χ4v) is 4.20. The molecule has 1 aliphatic heterocycles. The van der Waals surface area contributed by atoms with Crippen molar-refractivity contribution in [3.63, 3.8) is 0 Å². The Balaban J connectivity index is 1.40. The summed E-state index contributed by atoms with van der Waals surface area (Å²) in [5.74, 6) is -0.506. The molecule has 4 rings (SSSR count). The summed E-state index contributed by atoms with van der Waals surface area (Å²) >= 11 is 1.28. The van der Waals surface area contributed by atoms with Crippen LogP contribution >= 0.6 is 11.3 Å². The Morgan fingerprint density at radius 2 is 1.74 bits per heavy atom. The van der Waals surface area contributed by atoms with E-state index in [4.69, 9.17) is 0 Å². The number of hydrogen-bond acceptors (Lipinski definition) is 6. The monoisotopic (exact) mass is 435 g/mol. The van der Waals surface area contributed by atoms with Gasteiger partial charge in [0.2, 0.25) is 16.9 Å². The van der Waals surface area contributed by atoms with E-state index >= 15 is 0 Å². The van der Waals surface area contributed by atoms with Crippen LogP contribution in [0.5, 0.6) is 0 Å². The number of aryl methyl sites for hydroxylation is 1. The molecule has 158 valence electrons. The molecule has 1 aromatic heterocycles. The second kappa shape index (κ2) is 8.65. The molecule has 0 unspecified atom stereocenters. The third-order valence-corrected chi connectivity index (χ3v) is 5.95. The molecule has 9 heteroatoms. The number of anilines is 3. The highest BCUT2D eigenvalue weighted by atomic mass is 32.1. The number of nitrogens with zero attached hydrogens (tertiary/aromatic N) is 3. The van der Waals surface area contributed by atoms with Crippen LogP contribution in [0.25, 0.3) is 0 Å². The van der Waals surface area contributed by atoms with Gasteiger partial charge in [0, 0.05) is 42.7 Å². The standard InChI is InChI=1S/C22H21N5O3S/c1-13-3-9-18(10-4-13)27-12-16(11-19(27)29)21-25-26-22(31-21)24-20(30)15-5-7-17(8-6-15)23-14(2)28/h3-10,16H,11-12H2,1-2H3,(H,23,28)(H,24,26,30)/t16-/m0/s1. The van der Waals surface area contributed by atoms with Crippen LogP contribution in [0.15, 0.2) is 48.5 Å². The van der Waals surface area contributed by atoms with Crippen LogP contribution < -0.4 is 15.5 Å². The number of aromatic nitrogens is 2. The highest BCUT2D eigenvalue weighted by Gasteiger charge is 2.34. The zero-order valence-corrected chi connectivity index (χ0v) is 17.9. The average Bonchev–Trinajstić information content (AvgIpc) is 3.35. The zero-order valence-electron chi connectivity index (χ0n) is 17.1. The van der Waals surface area contributed by atoms with Crippen molar-refractivity contribution in [1.82, 2.24) is 10.2 Å². The van der Waals surface area contributed by atoms with Crippen molar-refractivity contribution in [3.05, 3.63) is 64.7 Å². The van der Waals surface area contributed by atoms with Gasteiger partial charge in [-0.15, -0.1) is 10.2 Å². The molecule has 0 aliphatic carbocycles. The number of benzene rings is 2. The first-order valence-corrected chi connectivity index (χ1v) is 10.6. The predicted molar refractivity (Wildman–Crippen MR) is 119 cm³/mol. The molecule has 0 radical (unpaired) electrons. The maximum absolute atomic E-state index is 12.5. The van der Waals surface area contributed by atoms with Crippen LogP contribution in [0.4, 0.5) is 16.5 Å². The first kappa shape index (κ1) is 20.7. The van der Waals surface area contributed by atoms with Crippen LogP contribution in [-0.4, -0.2) is 34.5 Å². The molecule has 1 fully saturated rings. The highest BCUT2D eigenvalue weighted by molar-refractivity contribution is 7.15. The summed E-state index contributed by atoms with van der Waals surface area (Å²) in [6, 6.07) is 14.4. The lowest BCUT2D eigenvalue weighted by Gasteiger charge is -2.16. The molecule has 3 amide bonds. The van der Waals surface area contributed by atoms with E-state index < -0.39 is 0 Å². The van der Waals surface area contributed by atoms with E-state index in [-0.39, 0.29) is 23.6 Å². The molecule has 2 aromatic carbocycles. The first-order chi connectivity index (χ1) is 14.9. The van der Waals surface area contributed by atoms with Gasteiger partial charge in [0.25, 0.3) is 5.91 Å². The number of amides is 3. The Morgan fingerprint density at radius 1 is 1.03 bits per heavy atom. The van der Waals surface area contributed by atoms with Gasteiger partial charge in [-0.3, -0.25) is 19.7 Å². The molecule has 2 N–H and O–H groups in total. The summed E-state index contributed by atoms with van der Waals surface area (Å²) < 4.78 is 0. The van der Waals surface area contributed by atoms with Gasteiger partial charge in [-0.25, -0.2) is 0 Å². The van der Waals surface area contributed by atoms with Crippen molar-refractivity contribution < 1.29 is 14.4 Å². The predicted octanol–water partition coefficient (Wildman–Crippen LogP) is 3.58. The van der Waals surface area contributed by atoms with Gasteiger partial charge in [0.05, 0.1) is 0 Å². The smallest absolute Gasteiger partial charge is 0.257 e. The van der Waals surface area contributed by atoms with E-state index in [0.717, 1.165) is 16.3 Å². The third-order valence-electron chi connectivity index (χ3n) is 4.95. The fourth-order valence-electron chi connectivity index (χ4n) is 3.37. The fraction of sp³-hybridized carbons (Fsp3) is 0.227. The van der Waals surface area contributed by atoms with Crippen LogP contribution in [0.1, 0.15) is 40.2 Å². The maximum atomic E-state index is 12.5. The lowest BCUT2D eigenvalue weighted by molar-refractivity contribution is -0.117. The lowest BCUT2D eigenvalue weighted by Crippen LogP contribution is -2.24. The van der Waals surface area contributed by atoms with Gasteiger partial charge < -0.3 is 10.2 Å². The van der Waals surface area contributed by atoms with Gasteiger partial charge >= 0.3 is 0 Å². The molecule has 8 nitrogen and oxygen atoms in total. The molecular formula is C22H21N5O3S. The Morgan fingerprint density at radius 3 is 2.42 bits per heavy atom. The Labute approximate surface area is 183 Å². The molecule has 2 heterocycles. The third kappa shape index (κ3) is 4.77. The molecule has 0 bridgehead atoms. The zero-order chi connectivity index (χ0) is 22.0. The van der Waals surface area contributed by atoms with Crippen LogP contribution in [0, 0.1) is 6.92 Å². The van der Waals surface area contributed by atoms with Crippen LogP contribution in [0.3, 0.4) is 0 Å². The molecule has 1 saturated heterocycles. The number of hydrogen-bond donors (Lipinski definition) is 2. The molecule has 31 heavy (non-hydrogen) atoms. The Kier molecular flexibility index (Phi) is 5.77. The van der Waals surface area contributed by atoms with Crippen molar-refractivity contribution in [2.24, 2.45) is 0 Å². The van der Waals surface area contributed by atoms with Crippen molar-refractivity contribution in [2.75, 3.05) is 22.1 Å². The minimum atomic E-state index is -0.319. The second-order valence-electron chi connectivity index (χ2n) is 7.40. The topological polar surface area (TPSA) is 104 Å². The first-order valence-electron chi connectivity index (χ1n) is 9.78. The van der Waals surface area contributed by atoms with Crippen LogP contribution in [0.2, 0.25) is 0 Å². The van der Waals surface area contributed by atoms with Crippen molar-refractivity contribution in [2.45, 2.75) is 26.2 Å². The Hall–Kier alpha value is -3.59. The van der Waals surface area contributed by atoms with E-state index in [0.29, 0.717) is 29.3 Å². The summed E-state index contributed by atoms with van der Waals surface area (Å²) in [6.07, 6.45) is 0.362. The van der Waals surface area contributed by atoms with Gasteiger partial charge in [0.15, 0.2) is 0 Å². The minimum Gasteiger partial charge on any atom is -0.326 e. The van der Waals surface area contributed by atoms with Gasteiger partial charge in [-0.2, -0.15) is 0 Å². The van der Waals surface area contributed by atoms with E-state index in [1.165, 1.54) is 18.3 Å². The lowest BCUT2D eigenvalue weighted by atomic mass is 10.1. The maximum Gasteiger partial charge on any atom is 0.257 e. The van der Waals surface area contributed by atoms with Crippen LogP contribution in [-0.2, 0) is 9.59 Å². The Bertz CT molecular complexity index is 1120. The number of rotatable bonds is 5. The van der Waals surface area contributed by atoms with Crippen molar-refractivity contribution in [3.8, 4) is 0 Å². The summed E-state index contributed by atoms with van der Waals surface area (Å²) in [4.78, 5) is 37.8. The quantitative estimate of drug-likeness (QED) is 0.637. The molecule has 1 aliphatic rings. The van der Waals surface area contributed by atoms with Gasteiger partial charge in [0.1, 0.15) is 5.01 Å². The largest absolute Gasteiger partial charge is 0.326 e. The van der Waals surface area contributed by atoms with Crippen molar-refractivity contribution in [1.29, 1.82) is 0 Å². The van der Waals surface area contributed by atoms with E-state index in [1.807, 2.05) is 31.2 Å². The SMILES string of the molecule is CC(=O)Nc1ccc(C(=O)Nc2nnc([C@H]3CC(=O)N(c4ccc(C)cc4)C3)s2)cc1. The summed E-state index contributed by atoms with van der Waals surface area (Å²) in [6.45, 7) is 3.97. The summed E-state index contributed by atoms with van der Waals surface area (Å²) in [5, 5.41) is 14.8. The summed E-state index contributed by atoms with van der Waals surface area (Å²) in [7, 11) is 0. The number of nitrogens with one attached hydrogen (secondary N) is 2. The van der Waals surface area contributed by atoms with E-state index in [9.17, 15) is 14.4 Å². The molecule has 0 spiro atoms.